The van der Waals surface area contributed by atoms with Gasteiger partial charge >= 0.3 is 0 Å². The van der Waals surface area contributed by atoms with Crippen molar-refractivity contribution in [2.75, 3.05) is 6.61 Å². The Labute approximate surface area is 112 Å². The normalized spacial score (nSPS) is 11.1. The molecule has 0 bridgehead atoms. The van der Waals surface area contributed by atoms with Gasteiger partial charge in [-0.25, -0.2) is 0 Å². The van der Waals surface area contributed by atoms with Gasteiger partial charge in [0.05, 0.1) is 6.61 Å². The molecule has 16 heavy (non-hydrogen) atoms. The SMILES string of the molecule is Cc1ccc(COCCCC/C=C/I)cc1. The van der Waals surface area contributed by atoms with Gasteiger partial charge in [-0.3, -0.25) is 0 Å². The molecule has 0 aromatic heterocycles. The van der Waals surface area contributed by atoms with Crippen LogP contribution in [0.5, 0.6) is 0 Å². The van der Waals surface area contributed by atoms with Gasteiger partial charge in [-0.05, 0) is 35.8 Å². The van der Waals surface area contributed by atoms with Gasteiger partial charge in [0.15, 0.2) is 0 Å². The number of halogens is 1. The summed E-state index contributed by atoms with van der Waals surface area (Å²) in [5, 5.41) is 0. The molecule has 0 atom stereocenters. The van der Waals surface area contributed by atoms with Gasteiger partial charge in [0.2, 0.25) is 0 Å². The zero-order chi connectivity index (χ0) is 11.6. The van der Waals surface area contributed by atoms with Crippen molar-refractivity contribution >= 4 is 22.6 Å². The fourth-order valence-corrected chi connectivity index (χ4v) is 1.76. The van der Waals surface area contributed by atoms with Crippen molar-refractivity contribution in [2.24, 2.45) is 0 Å². The summed E-state index contributed by atoms with van der Waals surface area (Å²) in [4.78, 5) is 0. The minimum Gasteiger partial charge on any atom is -0.377 e. The predicted octanol–water partition coefficient (Wildman–Crippen LogP) is 4.63. The molecular weight excluding hydrogens is 311 g/mol. The Bertz CT molecular complexity index is 303. The lowest BCUT2D eigenvalue weighted by molar-refractivity contribution is 0.117. The molecule has 1 nitrogen and oxygen atoms in total. The molecule has 0 saturated carbocycles. The van der Waals surface area contributed by atoms with E-state index < -0.39 is 0 Å². The smallest absolute Gasteiger partial charge is 0.0716 e. The quantitative estimate of drug-likeness (QED) is 0.523. The second-order valence-electron chi connectivity index (χ2n) is 3.90. The molecule has 0 aliphatic carbocycles. The van der Waals surface area contributed by atoms with Crippen molar-refractivity contribution in [3.63, 3.8) is 0 Å². The van der Waals surface area contributed by atoms with Crippen LogP contribution in [0, 0.1) is 6.92 Å². The second kappa shape index (κ2) is 8.76. The lowest BCUT2D eigenvalue weighted by Crippen LogP contribution is -1.95. The van der Waals surface area contributed by atoms with Crippen LogP contribution >= 0.6 is 22.6 Å². The molecule has 0 radical (unpaired) electrons. The van der Waals surface area contributed by atoms with Gasteiger partial charge < -0.3 is 4.74 Å². The minimum absolute atomic E-state index is 0.738. The molecule has 1 aromatic carbocycles. The number of ether oxygens (including phenoxy) is 1. The van der Waals surface area contributed by atoms with Crippen LogP contribution in [0.2, 0.25) is 0 Å². The zero-order valence-electron chi connectivity index (χ0n) is 9.79. The second-order valence-corrected chi connectivity index (χ2v) is 4.61. The van der Waals surface area contributed by atoms with Gasteiger partial charge in [0, 0.05) is 6.61 Å². The summed E-state index contributed by atoms with van der Waals surface area (Å²) in [6, 6.07) is 8.52. The molecule has 0 spiro atoms. The minimum atomic E-state index is 0.738. The van der Waals surface area contributed by atoms with E-state index in [1.807, 2.05) is 0 Å². The number of hydrogen-bond donors (Lipinski definition) is 0. The van der Waals surface area contributed by atoms with Gasteiger partial charge in [0.1, 0.15) is 0 Å². The van der Waals surface area contributed by atoms with E-state index in [9.17, 15) is 0 Å². The third-order valence-electron chi connectivity index (χ3n) is 2.39. The summed E-state index contributed by atoms with van der Waals surface area (Å²) in [6.07, 6.45) is 5.72. The van der Waals surface area contributed by atoms with Crippen LogP contribution in [-0.4, -0.2) is 6.61 Å². The summed E-state index contributed by atoms with van der Waals surface area (Å²) in [5.41, 5.74) is 2.56. The average molecular weight is 330 g/mol. The average Bonchev–Trinajstić information content (AvgIpc) is 2.30. The van der Waals surface area contributed by atoms with Crippen LogP contribution in [0.25, 0.3) is 0 Å². The summed E-state index contributed by atoms with van der Waals surface area (Å²) >= 11 is 2.25. The largest absolute Gasteiger partial charge is 0.377 e. The lowest BCUT2D eigenvalue weighted by Gasteiger charge is -2.04. The van der Waals surface area contributed by atoms with E-state index >= 15 is 0 Å². The van der Waals surface area contributed by atoms with Crippen LogP contribution in [0.15, 0.2) is 34.4 Å². The summed E-state index contributed by atoms with van der Waals surface area (Å²) in [6.45, 7) is 3.70. The topological polar surface area (TPSA) is 9.23 Å². The summed E-state index contributed by atoms with van der Waals surface area (Å²) < 4.78 is 7.69. The van der Waals surface area contributed by atoms with E-state index in [1.165, 1.54) is 17.5 Å². The van der Waals surface area contributed by atoms with E-state index in [0.717, 1.165) is 26.1 Å². The molecule has 0 heterocycles. The van der Waals surface area contributed by atoms with Gasteiger partial charge in [-0.15, -0.1) is 0 Å². The molecule has 0 amide bonds. The number of rotatable bonds is 7. The molecule has 1 rings (SSSR count). The van der Waals surface area contributed by atoms with Crippen LogP contribution in [0.1, 0.15) is 30.4 Å². The van der Waals surface area contributed by atoms with E-state index in [0.29, 0.717) is 0 Å². The number of aryl methyl sites for hydroxylation is 1. The Morgan fingerprint density at radius 1 is 1.19 bits per heavy atom. The molecule has 0 aliphatic heterocycles. The highest BCUT2D eigenvalue weighted by Gasteiger charge is 1.93. The molecular formula is C14H19IO. The number of unbranched alkanes of at least 4 members (excludes halogenated alkanes) is 2. The molecule has 0 unspecified atom stereocenters. The first-order chi connectivity index (χ1) is 7.83. The highest BCUT2D eigenvalue weighted by molar-refractivity contribution is 14.1. The zero-order valence-corrected chi connectivity index (χ0v) is 11.9. The van der Waals surface area contributed by atoms with Crippen molar-refractivity contribution < 1.29 is 4.74 Å². The molecule has 88 valence electrons. The Morgan fingerprint density at radius 2 is 1.94 bits per heavy atom. The molecule has 0 aliphatic rings. The van der Waals surface area contributed by atoms with Crippen molar-refractivity contribution in [2.45, 2.75) is 32.8 Å². The van der Waals surface area contributed by atoms with E-state index in [1.54, 1.807) is 0 Å². The van der Waals surface area contributed by atoms with E-state index in [2.05, 4.69) is 63.9 Å². The third-order valence-corrected chi connectivity index (χ3v) is 2.90. The Balaban J connectivity index is 2.05. The van der Waals surface area contributed by atoms with Gasteiger partial charge in [-0.1, -0.05) is 58.5 Å². The van der Waals surface area contributed by atoms with Gasteiger partial charge in [-0.2, -0.15) is 0 Å². The standard InChI is InChI=1S/C14H19IO/c1-13-6-8-14(9-7-13)12-16-11-5-3-2-4-10-15/h4,6-10H,2-3,5,11-12H2,1H3/b10-4+. The monoisotopic (exact) mass is 330 g/mol. The highest BCUT2D eigenvalue weighted by atomic mass is 127. The Morgan fingerprint density at radius 3 is 2.62 bits per heavy atom. The first-order valence-corrected chi connectivity index (χ1v) is 6.96. The molecule has 0 saturated heterocycles. The molecule has 2 heteroatoms. The van der Waals surface area contributed by atoms with Crippen LogP contribution < -0.4 is 0 Å². The van der Waals surface area contributed by atoms with Crippen molar-refractivity contribution in [1.82, 2.24) is 0 Å². The van der Waals surface area contributed by atoms with Gasteiger partial charge in [0.25, 0.3) is 0 Å². The Kier molecular flexibility index (Phi) is 7.51. The fourth-order valence-electron chi connectivity index (χ4n) is 1.40. The van der Waals surface area contributed by atoms with Crippen molar-refractivity contribution in [3.05, 3.63) is 45.6 Å². The van der Waals surface area contributed by atoms with Crippen molar-refractivity contribution in [3.8, 4) is 0 Å². The molecule has 0 N–H and O–H groups in total. The fraction of sp³-hybridized carbons (Fsp3) is 0.429. The first kappa shape index (κ1) is 13.7. The van der Waals surface area contributed by atoms with Crippen LogP contribution in [0.4, 0.5) is 0 Å². The van der Waals surface area contributed by atoms with E-state index in [-0.39, 0.29) is 0 Å². The van der Waals surface area contributed by atoms with E-state index in [4.69, 9.17) is 4.74 Å². The Hall–Kier alpha value is -0.350. The predicted molar refractivity (Wildman–Crippen MR) is 77.8 cm³/mol. The van der Waals surface area contributed by atoms with Crippen molar-refractivity contribution in [1.29, 1.82) is 0 Å². The third kappa shape index (κ3) is 6.28. The maximum atomic E-state index is 5.61. The number of allylic oxidation sites excluding steroid dienone is 1. The maximum Gasteiger partial charge on any atom is 0.0716 e. The maximum absolute atomic E-state index is 5.61. The number of hydrogen-bond acceptors (Lipinski definition) is 1. The van der Waals surface area contributed by atoms with Crippen LogP contribution in [-0.2, 0) is 11.3 Å². The number of benzene rings is 1. The first-order valence-electron chi connectivity index (χ1n) is 5.71. The molecule has 1 aromatic rings. The highest BCUT2D eigenvalue weighted by Crippen LogP contribution is 2.05. The summed E-state index contributed by atoms with van der Waals surface area (Å²) in [7, 11) is 0. The summed E-state index contributed by atoms with van der Waals surface area (Å²) in [5.74, 6) is 0. The molecule has 0 fully saturated rings. The lowest BCUT2D eigenvalue weighted by atomic mass is 10.2. The van der Waals surface area contributed by atoms with Crippen LogP contribution in [0.3, 0.4) is 0 Å².